The van der Waals surface area contributed by atoms with Gasteiger partial charge < -0.3 is 10.4 Å². The van der Waals surface area contributed by atoms with E-state index in [9.17, 15) is 0 Å². The third kappa shape index (κ3) is 5.83. The van der Waals surface area contributed by atoms with Gasteiger partial charge in [0, 0.05) is 18.6 Å². The van der Waals surface area contributed by atoms with E-state index in [4.69, 9.17) is 5.11 Å². The molecule has 0 aromatic heterocycles. The molecule has 0 bridgehead atoms. The fraction of sp³-hybridized carbons (Fsp3) is 1.00. The minimum atomic E-state index is 0.248. The molecule has 0 heterocycles. The number of aliphatic hydroxyl groups is 1. The summed E-state index contributed by atoms with van der Waals surface area (Å²) in [5.74, 6) is 0. The second-order valence-electron chi connectivity index (χ2n) is 5.85. The van der Waals surface area contributed by atoms with Gasteiger partial charge in [-0.15, -0.1) is 0 Å². The fourth-order valence-corrected chi connectivity index (χ4v) is 2.06. The van der Waals surface area contributed by atoms with E-state index < -0.39 is 0 Å². The molecule has 0 aromatic rings. The lowest BCUT2D eigenvalue weighted by Gasteiger charge is -2.33. The quantitative estimate of drug-likeness (QED) is 0.699. The first kappa shape index (κ1) is 15.9. The Balaban J connectivity index is 4.17. The highest BCUT2D eigenvalue weighted by Gasteiger charge is 2.23. The smallest absolute Gasteiger partial charge is 0.0558 e. The predicted octanol–water partition coefficient (Wildman–Crippen LogP) is 1.71. The average molecular weight is 230 g/mol. The second kappa shape index (κ2) is 7.25. The molecule has 0 aliphatic heterocycles. The van der Waals surface area contributed by atoms with Crippen molar-refractivity contribution in [3.8, 4) is 0 Å². The Bertz CT molecular complexity index is 175. The van der Waals surface area contributed by atoms with Crippen molar-refractivity contribution in [3.63, 3.8) is 0 Å². The molecule has 0 saturated carbocycles. The molecule has 0 saturated heterocycles. The van der Waals surface area contributed by atoms with E-state index in [-0.39, 0.29) is 12.0 Å². The topological polar surface area (TPSA) is 35.5 Å². The van der Waals surface area contributed by atoms with Gasteiger partial charge in [0.15, 0.2) is 0 Å². The first-order chi connectivity index (χ1) is 7.32. The van der Waals surface area contributed by atoms with E-state index in [1.807, 2.05) is 7.05 Å². The van der Waals surface area contributed by atoms with Gasteiger partial charge in [-0.3, -0.25) is 4.90 Å². The minimum Gasteiger partial charge on any atom is -0.395 e. The zero-order chi connectivity index (χ0) is 12.8. The van der Waals surface area contributed by atoms with E-state index >= 15 is 0 Å². The Morgan fingerprint density at radius 3 is 2.06 bits per heavy atom. The van der Waals surface area contributed by atoms with Crippen molar-refractivity contribution >= 4 is 0 Å². The number of nitrogens with one attached hydrogen (secondary N) is 1. The highest BCUT2D eigenvalue weighted by atomic mass is 16.3. The van der Waals surface area contributed by atoms with E-state index in [2.05, 4.69) is 44.8 Å². The van der Waals surface area contributed by atoms with Gasteiger partial charge in [0.25, 0.3) is 0 Å². The molecule has 0 amide bonds. The molecule has 0 radical (unpaired) electrons. The van der Waals surface area contributed by atoms with Gasteiger partial charge in [0.1, 0.15) is 0 Å². The predicted molar refractivity (Wildman–Crippen MR) is 70.7 cm³/mol. The Hall–Kier alpha value is -0.120. The van der Waals surface area contributed by atoms with Crippen LogP contribution < -0.4 is 5.32 Å². The molecule has 2 N–H and O–H groups in total. The summed E-state index contributed by atoms with van der Waals surface area (Å²) >= 11 is 0. The summed E-state index contributed by atoms with van der Waals surface area (Å²) in [4.78, 5) is 2.33. The number of rotatable bonds is 7. The van der Waals surface area contributed by atoms with Gasteiger partial charge in [-0.1, -0.05) is 20.8 Å². The van der Waals surface area contributed by atoms with E-state index in [0.717, 1.165) is 19.5 Å². The molecule has 3 heteroatoms. The van der Waals surface area contributed by atoms with Crippen LogP contribution in [0.5, 0.6) is 0 Å². The van der Waals surface area contributed by atoms with Gasteiger partial charge >= 0.3 is 0 Å². The Kier molecular flexibility index (Phi) is 7.20. The zero-order valence-corrected chi connectivity index (χ0v) is 11.9. The zero-order valence-electron chi connectivity index (χ0n) is 11.9. The molecule has 0 aromatic carbocycles. The van der Waals surface area contributed by atoms with Crippen LogP contribution in [0.1, 0.15) is 41.0 Å². The minimum absolute atomic E-state index is 0.248. The van der Waals surface area contributed by atoms with E-state index in [1.165, 1.54) is 0 Å². The summed E-state index contributed by atoms with van der Waals surface area (Å²) in [6.45, 7) is 13.2. The van der Waals surface area contributed by atoms with Crippen LogP contribution in [-0.2, 0) is 0 Å². The lowest BCUT2D eigenvalue weighted by molar-refractivity contribution is 0.147. The lowest BCUT2D eigenvalue weighted by Crippen LogP contribution is -2.43. The molecule has 0 aliphatic carbocycles. The first-order valence-corrected chi connectivity index (χ1v) is 6.35. The maximum atomic E-state index is 9.01. The molecule has 16 heavy (non-hydrogen) atoms. The summed E-state index contributed by atoms with van der Waals surface area (Å²) in [6.07, 6.45) is 1.12. The van der Waals surface area contributed by atoms with Gasteiger partial charge in [-0.25, -0.2) is 0 Å². The third-order valence-corrected chi connectivity index (χ3v) is 3.22. The summed E-state index contributed by atoms with van der Waals surface area (Å²) in [5, 5.41) is 12.4. The average Bonchev–Trinajstić information content (AvgIpc) is 2.14. The van der Waals surface area contributed by atoms with Crippen molar-refractivity contribution in [1.29, 1.82) is 0 Å². The molecular formula is C13H30N2O. The molecule has 0 rings (SSSR count). The molecule has 1 unspecified atom stereocenters. The SMILES string of the molecule is CNC(CCN(CCO)C(C)C)C(C)(C)C. The normalized spacial score (nSPS) is 14.8. The number of hydrogen-bond acceptors (Lipinski definition) is 3. The number of aliphatic hydroxyl groups excluding tert-OH is 1. The van der Waals surface area contributed by atoms with Crippen molar-refractivity contribution in [2.24, 2.45) is 5.41 Å². The Labute approximate surface area is 101 Å². The summed E-state index contributed by atoms with van der Waals surface area (Å²) in [5.41, 5.74) is 0.288. The molecule has 3 nitrogen and oxygen atoms in total. The molecule has 98 valence electrons. The van der Waals surface area contributed by atoms with Crippen molar-refractivity contribution in [1.82, 2.24) is 10.2 Å². The maximum Gasteiger partial charge on any atom is 0.0558 e. The lowest BCUT2D eigenvalue weighted by atomic mass is 9.85. The van der Waals surface area contributed by atoms with Gasteiger partial charge in [0.05, 0.1) is 6.61 Å². The van der Waals surface area contributed by atoms with Crippen LogP contribution in [0.4, 0.5) is 0 Å². The Morgan fingerprint density at radius 1 is 1.19 bits per heavy atom. The van der Waals surface area contributed by atoms with Crippen LogP contribution in [0.25, 0.3) is 0 Å². The number of nitrogens with zero attached hydrogens (tertiary/aromatic N) is 1. The highest BCUT2D eigenvalue weighted by molar-refractivity contribution is 4.80. The van der Waals surface area contributed by atoms with Crippen LogP contribution >= 0.6 is 0 Å². The van der Waals surface area contributed by atoms with Gasteiger partial charge in [0.2, 0.25) is 0 Å². The standard InChI is InChI=1S/C13H30N2O/c1-11(2)15(9-10-16)8-7-12(14-6)13(3,4)5/h11-12,14,16H,7-10H2,1-6H3. The van der Waals surface area contributed by atoms with Gasteiger partial charge in [-0.2, -0.15) is 0 Å². The highest BCUT2D eigenvalue weighted by Crippen LogP contribution is 2.21. The van der Waals surface area contributed by atoms with Gasteiger partial charge in [-0.05, 0) is 39.3 Å². The molecular weight excluding hydrogens is 200 g/mol. The van der Waals surface area contributed by atoms with Crippen LogP contribution in [0.2, 0.25) is 0 Å². The largest absolute Gasteiger partial charge is 0.395 e. The van der Waals surface area contributed by atoms with Crippen molar-refractivity contribution in [2.45, 2.75) is 53.1 Å². The molecule has 1 atom stereocenters. The Morgan fingerprint density at radius 2 is 1.75 bits per heavy atom. The van der Waals surface area contributed by atoms with Crippen LogP contribution in [-0.4, -0.2) is 48.8 Å². The summed E-state index contributed by atoms with van der Waals surface area (Å²) < 4.78 is 0. The second-order valence-corrected chi connectivity index (χ2v) is 5.85. The summed E-state index contributed by atoms with van der Waals surface area (Å²) in [7, 11) is 2.03. The maximum absolute atomic E-state index is 9.01. The first-order valence-electron chi connectivity index (χ1n) is 6.35. The van der Waals surface area contributed by atoms with Crippen LogP contribution in [0.3, 0.4) is 0 Å². The van der Waals surface area contributed by atoms with Crippen molar-refractivity contribution in [3.05, 3.63) is 0 Å². The molecule has 0 fully saturated rings. The fourth-order valence-electron chi connectivity index (χ4n) is 2.06. The summed E-state index contributed by atoms with van der Waals surface area (Å²) in [6, 6.07) is 1.03. The van der Waals surface area contributed by atoms with Crippen molar-refractivity contribution in [2.75, 3.05) is 26.7 Å². The van der Waals surface area contributed by atoms with E-state index in [0.29, 0.717) is 12.1 Å². The molecule has 0 aliphatic rings. The monoisotopic (exact) mass is 230 g/mol. The van der Waals surface area contributed by atoms with Crippen molar-refractivity contribution < 1.29 is 5.11 Å². The van der Waals surface area contributed by atoms with Crippen LogP contribution in [0.15, 0.2) is 0 Å². The number of hydrogen-bond donors (Lipinski definition) is 2. The molecule has 0 spiro atoms. The van der Waals surface area contributed by atoms with Crippen LogP contribution in [0, 0.1) is 5.41 Å². The third-order valence-electron chi connectivity index (χ3n) is 3.22. The van der Waals surface area contributed by atoms with E-state index in [1.54, 1.807) is 0 Å².